The molecule has 0 aliphatic heterocycles. The van der Waals surface area contributed by atoms with E-state index in [1.54, 1.807) is 36.4 Å². The average Bonchev–Trinajstić information content (AvgIpc) is 3.07. The smallest absolute Gasteiger partial charge is 0.282 e. The Kier molecular flexibility index (Phi) is 5.51. The fourth-order valence-corrected chi connectivity index (χ4v) is 3.35. The standard InChI is InChI=1S/C20H20F2N2O3S/c1-13(2)27-16-8-6-15(7-9-16)24-19(12-18(23-24)20(21)22)14-4-10-17(11-5-14)28(3,25)26/h4-13,20H,1-3H3. The lowest BCUT2D eigenvalue weighted by Gasteiger charge is -2.12. The quantitative estimate of drug-likeness (QED) is 0.597. The van der Waals surface area contributed by atoms with Crippen molar-refractivity contribution in [2.24, 2.45) is 0 Å². The molecular weight excluding hydrogens is 386 g/mol. The molecule has 0 radical (unpaired) electrons. The second-order valence-corrected chi connectivity index (χ2v) is 8.64. The number of hydrogen-bond donors (Lipinski definition) is 0. The van der Waals surface area contributed by atoms with Gasteiger partial charge >= 0.3 is 0 Å². The highest BCUT2D eigenvalue weighted by molar-refractivity contribution is 7.90. The summed E-state index contributed by atoms with van der Waals surface area (Å²) in [5.41, 5.74) is 1.25. The lowest BCUT2D eigenvalue weighted by atomic mass is 10.1. The number of rotatable bonds is 6. The van der Waals surface area contributed by atoms with Crippen molar-refractivity contribution in [3.8, 4) is 22.7 Å². The van der Waals surface area contributed by atoms with Crippen LogP contribution < -0.4 is 4.74 Å². The van der Waals surface area contributed by atoms with E-state index in [1.165, 1.54) is 22.9 Å². The minimum Gasteiger partial charge on any atom is -0.491 e. The van der Waals surface area contributed by atoms with Crippen molar-refractivity contribution < 1.29 is 21.9 Å². The van der Waals surface area contributed by atoms with Crippen LogP contribution in [0, 0.1) is 0 Å². The first-order valence-corrected chi connectivity index (χ1v) is 10.5. The van der Waals surface area contributed by atoms with E-state index < -0.39 is 16.3 Å². The Morgan fingerprint density at radius 2 is 1.61 bits per heavy atom. The summed E-state index contributed by atoms with van der Waals surface area (Å²) < 4.78 is 56.8. The van der Waals surface area contributed by atoms with E-state index >= 15 is 0 Å². The van der Waals surface area contributed by atoms with E-state index in [0.717, 1.165) is 6.26 Å². The Morgan fingerprint density at radius 3 is 2.11 bits per heavy atom. The number of alkyl halides is 2. The Hall–Kier alpha value is -2.74. The molecule has 8 heteroatoms. The van der Waals surface area contributed by atoms with Gasteiger partial charge in [-0.1, -0.05) is 12.1 Å². The number of sulfone groups is 1. The molecule has 0 atom stereocenters. The number of ether oxygens (including phenoxy) is 1. The van der Waals surface area contributed by atoms with Crippen molar-refractivity contribution in [3.05, 3.63) is 60.3 Å². The molecule has 148 valence electrons. The van der Waals surface area contributed by atoms with E-state index in [9.17, 15) is 17.2 Å². The second kappa shape index (κ2) is 7.71. The van der Waals surface area contributed by atoms with Gasteiger partial charge in [0, 0.05) is 11.8 Å². The van der Waals surface area contributed by atoms with Crippen molar-refractivity contribution >= 4 is 9.84 Å². The maximum Gasteiger partial charge on any atom is 0.282 e. The molecule has 0 amide bonds. The molecule has 0 unspecified atom stereocenters. The van der Waals surface area contributed by atoms with Gasteiger partial charge in [0.05, 0.1) is 22.4 Å². The van der Waals surface area contributed by atoms with Crippen molar-refractivity contribution in [1.29, 1.82) is 0 Å². The summed E-state index contributed by atoms with van der Waals surface area (Å²) in [6.45, 7) is 3.82. The molecule has 1 aromatic heterocycles. The summed E-state index contributed by atoms with van der Waals surface area (Å²) >= 11 is 0. The van der Waals surface area contributed by atoms with Crippen molar-refractivity contribution in [1.82, 2.24) is 9.78 Å². The number of aromatic nitrogens is 2. The van der Waals surface area contributed by atoms with Crippen LogP contribution in [0.15, 0.2) is 59.5 Å². The first-order valence-electron chi connectivity index (χ1n) is 8.61. The summed E-state index contributed by atoms with van der Waals surface area (Å²) in [5.74, 6) is 0.666. The highest BCUT2D eigenvalue weighted by Crippen LogP contribution is 2.29. The SMILES string of the molecule is CC(C)Oc1ccc(-n2nc(C(F)F)cc2-c2ccc(S(C)(=O)=O)cc2)cc1. The third-order valence-corrected chi connectivity index (χ3v) is 5.11. The van der Waals surface area contributed by atoms with Gasteiger partial charge in [-0.15, -0.1) is 0 Å². The van der Waals surface area contributed by atoms with E-state index in [1.807, 2.05) is 13.8 Å². The average molecular weight is 406 g/mol. The van der Waals surface area contributed by atoms with Gasteiger partial charge in [0.2, 0.25) is 0 Å². The van der Waals surface area contributed by atoms with Gasteiger partial charge < -0.3 is 4.74 Å². The van der Waals surface area contributed by atoms with Crippen molar-refractivity contribution in [2.45, 2.75) is 31.3 Å². The maximum atomic E-state index is 13.2. The number of benzene rings is 2. The summed E-state index contributed by atoms with van der Waals surface area (Å²) in [7, 11) is -3.34. The van der Waals surface area contributed by atoms with Crippen LogP contribution in [0.3, 0.4) is 0 Å². The fourth-order valence-electron chi connectivity index (χ4n) is 2.72. The Bertz CT molecular complexity index is 1060. The summed E-state index contributed by atoms with van der Waals surface area (Å²) in [4.78, 5) is 0.159. The Morgan fingerprint density at radius 1 is 1.00 bits per heavy atom. The molecule has 3 rings (SSSR count). The molecule has 0 fully saturated rings. The number of nitrogens with zero attached hydrogens (tertiary/aromatic N) is 2. The van der Waals surface area contributed by atoms with Crippen LogP contribution in [0.5, 0.6) is 5.75 Å². The van der Waals surface area contributed by atoms with Crippen molar-refractivity contribution in [2.75, 3.05) is 6.26 Å². The molecule has 0 aliphatic rings. The maximum absolute atomic E-state index is 13.2. The van der Waals surface area contributed by atoms with Crippen LogP contribution in [0.25, 0.3) is 16.9 Å². The molecule has 0 saturated heterocycles. The fraction of sp³-hybridized carbons (Fsp3) is 0.250. The van der Waals surface area contributed by atoms with Crippen LogP contribution in [-0.2, 0) is 9.84 Å². The number of halogens is 2. The lowest BCUT2D eigenvalue weighted by Crippen LogP contribution is -2.06. The zero-order valence-electron chi connectivity index (χ0n) is 15.6. The molecule has 0 bridgehead atoms. The van der Waals surface area contributed by atoms with E-state index in [-0.39, 0.29) is 16.7 Å². The predicted molar refractivity (Wildman–Crippen MR) is 103 cm³/mol. The van der Waals surface area contributed by atoms with Gasteiger partial charge in [0.1, 0.15) is 11.4 Å². The van der Waals surface area contributed by atoms with Gasteiger partial charge in [-0.3, -0.25) is 0 Å². The molecule has 2 aromatic carbocycles. The largest absolute Gasteiger partial charge is 0.491 e. The minimum absolute atomic E-state index is 0.0184. The minimum atomic E-state index is -3.34. The molecule has 0 aliphatic carbocycles. The van der Waals surface area contributed by atoms with Gasteiger partial charge in [0.15, 0.2) is 9.84 Å². The third kappa shape index (κ3) is 4.39. The van der Waals surface area contributed by atoms with Crippen LogP contribution in [0.1, 0.15) is 26.0 Å². The number of hydrogen-bond acceptors (Lipinski definition) is 4. The highest BCUT2D eigenvalue weighted by atomic mass is 32.2. The lowest BCUT2D eigenvalue weighted by molar-refractivity contribution is 0.145. The zero-order valence-corrected chi connectivity index (χ0v) is 16.5. The molecule has 0 N–H and O–H groups in total. The van der Waals surface area contributed by atoms with E-state index in [0.29, 0.717) is 22.7 Å². The Labute approximate surface area is 162 Å². The molecule has 28 heavy (non-hydrogen) atoms. The van der Waals surface area contributed by atoms with Gasteiger partial charge in [-0.05, 0) is 56.3 Å². The molecule has 3 aromatic rings. The third-order valence-electron chi connectivity index (χ3n) is 3.98. The highest BCUT2D eigenvalue weighted by Gasteiger charge is 2.18. The predicted octanol–water partition coefficient (Wildman–Crippen LogP) is 4.67. The molecule has 0 spiro atoms. The van der Waals surface area contributed by atoms with Gasteiger partial charge in [0.25, 0.3) is 6.43 Å². The van der Waals surface area contributed by atoms with Crippen LogP contribution in [0.2, 0.25) is 0 Å². The topological polar surface area (TPSA) is 61.2 Å². The molecule has 5 nitrogen and oxygen atoms in total. The van der Waals surface area contributed by atoms with Crippen LogP contribution >= 0.6 is 0 Å². The monoisotopic (exact) mass is 406 g/mol. The molecule has 0 saturated carbocycles. The van der Waals surface area contributed by atoms with E-state index in [4.69, 9.17) is 4.74 Å². The second-order valence-electron chi connectivity index (χ2n) is 6.62. The summed E-state index contributed by atoms with van der Waals surface area (Å²) in [6.07, 6.45) is -1.59. The molecular formula is C20H20F2N2O3S. The summed E-state index contributed by atoms with van der Waals surface area (Å²) in [6, 6.07) is 14.3. The van der Waals surface area contributed by atoms with E-state index in [2.05, 4.69) is 5.10 Å². The molecule has 1 heterocycles. The normalized spacial score (nSPS) is 12.0. The van der Waals surface area contributed by atoms with Gasteiger partial charge in [-0.25, -0.2) is 21.9 Å². The summed E-state index contributed by atoms with van der Waals surface area (Å²) in [5, 5.41) is 4.03. The zero-order chi connectivity index (χ0) is 20.5. The van der Waals surface area contributed by atoms with Crippen molar-refractivity contribution in [3.63, 3.8) is 0 Å². The van der Waals surface area contributed by atoms with Gasteiger partial charge in [-0.2, -0.15) is 5.10 Å². The first kappa shape index (κ1) is 20.0. The first-order chi connectivity index (χ1) is 13.1. The Balaban J connectivity index is 2.04. The van der Waals surface area contributed by atoms with Crippen LogP contribution in [-0.4, -0.2) is 30.6 Å². The van der Waals surface area contributed by atoms with Crippen LogP contribution in [0.4, 0.5) is 8.78 Å².